The summed E-state index contributed by atoms with van der Waals surface area (Å²) in [6, 6.07) is 22.2. The van der Waals surface area contributed by atoms with Crippen molar-refractivity contribution >= 4 is 39.8 Å². The molecular weight excluding hydrogens is 480 g/mol. The second kappa shape index (κ2) is 10.3. The maximum absolute atomic E-state index is 15.2. The fourth-order valence-corrected chi connectivity index (χ4v) is 21.1. The molecule has 36 heavy (non-hydrogen) atoms. The van der Waals surface area contributed by atoms with Crippen LogP contribution >= 0.6 is 0 Å². The predicted molar refractivity (Wildman–Crippen MR) is 158 cm³/mol. The first-order valence-electron chi connectivity index (χ1n) is 13.8. The van der Waals surface area contributed by atoms with Gasteiger partial charge in [0, 0.05) is 0 Å². The zero-order valence-electron chi connectivity index (χ0n) is 23.7. The summed E-state index contributed by atoms with van der Waals surface area (Å²) in [6.45, 7) is 14.9. The van der Waals surface area contributed by atoms with E-state index < -0.39 is 24.0 Å². The van der Waals surface area contributed by atoms with Crippen molar-refractivity contribution in [3.05, 3.63) is 71.8 Å². The molecule has 4 aliphatic rings. The molecule has 0 saturated heterocycles. The summed E-state index contributed by atoms with van der Waals surface area (Å²) in [4.78, 5) is 15.2. The molecule has 0 heterocycles. The van der Waals surface area contributed by atoms with Gasteiger partial charge in [0.2, 0.25) is 0 Å². The summed E-state index contributed by atoms with van der Waals surface area (Å²) < 4.78 is 0. The molecule has 0 unspecified atom stereocenters. The van der Waals surface area contributed by atoms with E-state index in [9.17, 15) is 0 Å². The molecule has 5 heteroatoms. The minimum atomic E-state index is -1.81. The molecule has 1 nitrogen and oxygen atoms in total. The van der Waals surface area contributed by atoms with Crippen LogP contribution in [0, 0.1) is 23.2 Å². The number of hydrogen-bond donors (Lipinski definition) is 0. The topological polar surface area (TPSA) is 17.1 Å². The molecule has 0 N–H and O–H groups in total. The molecule has 4 saturated carbocycles. The second-order valence-electron chi connectivity index (χ2n) is 13.9. The molecule has 0 radical (unpaired) electrons. The maximum Gasteiger partial charge on any atom is 1.00 e. The van der Waals surface area contributed by atoms with Gasteiger partial charge in [-0.25, -0.2) is 8.31 Å². The average Bonchev–Trinajstić information content (AvgIpc) is 2.77. The fraction of sp³-hybridized carbons (Fsp3) is 0.516. The van der Waals surface area contributed by atoms with Gasteiger partial charge in [0.15, 0.2) is 0 Å². The Kier molecular flexibility index (Phi) is 8.08. The van der Waals surface area contributed by atoms with E-state index in [1.807, 2.05) is 0 Å². The number of benzene rings is 2. The Hall–Kier alpha value is -0.902. The van der Waals surface area contributed by atoms with Crippen LogP contribution < -0.4 is 18.9 Å². The van der Waals surface area contributed by atoms with Crippen molar-refractivity contribution in [3.63, 3.8) is 0 Å². The summed E-state index contributed by atoms with van der Waals surface area (Å²) in [5, 5.41) is 3.76. The predicted octanol–water partition coefficient (Wildman–Crippen LogP) is 5.25. The van der Waals surface area contributed by atoms with E-state index in [0.717, 1.165) is 23.2 Å². The van der Waals surface area contributed by atoms with Gasteiger partial charge in [-0.15, -0.1) is 0 Å². The molecule has 0 aromatic heterocycles. The van der Waals surface area contributed by atoms with Crippen molar-refractivity contribution in [2.45, 2.75) is 77.8 Å². The Morgan fingerprint density at radius 3 is 1.53 bits per heavy atom. The Balaban J connectivity index is 0.00000304. The van der Waals surface area contributed by atoms with Crippen molar-refractivity contribution < 1.29 is 23.7 Å². The van der Waals surface area contributed by atoms with Crippen LogP contribution in [-0.2, 0) is 4.79 Å². The average molecular weight is 523 g/mol. The summed E-state index contributed by atoms with van der Waals surface area (Å²) in [5.74, 6) is 2.43. The van der Waals surface area contributed by atoms with Crippen molar-refractivity contribution in [2.75, 3.05) is 0 Å². The van der Waals surface area contributed by atoms with Gasteiger partial charge in [-0.05, 0) is 72.7 Å². The van der Waals surface area contributed by atoms with Crippen LogP contribution in [0.1, 0.15) is 49.7 Å². The molecule has 6 rings (SSSR count). The zero-order valence-corrected chi connectivity index (χ0v) is 26.7. The third-order valence-electron chi connectivity index (χ3n) is 8.87. The first-order valence-corrected chi connectivity index (χ1v) is 23.3. The van der Waals surface area contributed by atoms with Crippen LogP contribution in [0.5, 0.6) is 0 Å². The van der Waals surface area contributed by atoms with Gasteiger partial charge >= 0.3 is 18.9 Å². The Labute approximate surface area is 235 Å². The SMILES string of the molecule is C[Si](C)(C)/C(=C(/c1ccccc1)[Si-](C(=O)C12CC3CC(CC(C3)C1)C2)[Si](C)(C)C)c1ccccc1.[Li+]. The quantitative estimate of drug-likeness (QED) is 0.358. The zero-order chi connectivity index (χ0) is 25.0. The number of carbonyl (C=O) groups is 1. The maximum atomic E-state index is 15.2. The Morgan fingerprint density at radius 2 is 1.14 bits per heavy atom. The summed E-state index contributed by atoms with van der Waals surface area (Å²) >= 11 is 0. The number of rotatable bonds is 7. The van der Waals surface area contributed by atoms with Crippen molar-refractivity contribution in [2.24, 2.45) is 23.2 Å². The van der Waals surface area contributed by atoms with Gasteiger partial charge in [-0.2, -0.15) is 5.20 Å². The van der Waals surface area contributed by atoms with E-state index in [4.69, 9.17) is 0 Å². The Morgan fingerprint density at radius 1 is 0.722 bits per heavy atom. The van der Waals surface area contributed by atoms with Gasteiger partial charge in [0.25, 0.3) is 0 Å². The van der Waals surface area contributed by atoms with Crippen molar-refractivity contribution in [1.82, 2.24) is 0 Å². The fourth-order valence-electron chi connectivity index (χ4n) is 8.06. The van der Waals surface area contributed by atoms with Crippen LogP contribution in [0.2, 0.25) is 39.3 Å². The van der Waals surface area contributed by atoms with E-state index in [-0.39, 0.29) is 24.3 Å². The molecule has 0 aliphatic heterocycles. The summed E-state index contributed by atoms with van der Waals surface area (Å²) in [6.07, 6.45) is 7.75. The molecule has 0 amide bonds. The van der Waals surface area contributed by atoms with Crippen LogP contribution in [0.3, 0.4) is 0 Å². The summed E-state index contributed by atoms with van der Waals surface area (Å²) in [5.41, 5.74) is 2.65. The molecule has 4 aliphatic carbocycles. The van der Waals surface area contributed by atoms with Crippen molar-refractivity contribution in [3.8, 4) is 0 Å². The first kappa shape index (κ1) is 28.1. The molecular formula is C31H43LiOSi3. The van der Waals surface area contributed by atoms with Gasteiger partial charge in [0.05, 0.1) is 8.07 Å². The minimum absolute atomic E-state index is 0. The standard InChI is InChI=1S/C31H43OSi3.Li/c1-34(2,3)29(27-15-11-8-12-16-27)28(26-13-9-7-10-14-26)33(35(4,5)6)30(32)31-20-23-17-24(21-31)19-25(18-23)22-31;/h7-16,23-25H,17-22H2,1-6H3;/q-1;+1/b29-28-;. The van der Waals surface area contributed by atoms with Crippen LogP contribution in [0.4, 0.5) is 0 Å². The van der Waals surface area contributed by atoms with Gasteiger partial charge in [-0.3, -0.25) is 0 Å². The number of carbonyl (C=O) groups excluding carboxylic acids is 1. The van der Waals surface area contributed by atoms with E-state index in [1.54, 1.807) is 5.20 Å². The number of hydrogen-bond acceptors (Lipinski definition) is 1. The molecule has 0 spiro atoms. The van der Waals surface area contributed by atoms with Gasteiger partial charge in [0.1, 0.15) is 0 Å². The third-order valence-corrected chi connectivity index (χ3v) is 20.6. The molecule has 4 fully saturated rings. The second-order valence-corrected chi connectivity index (χ2v) is 31.1. The largest absolute Gasteiger partial charge is 1.00 e. The minimum Gasteiger partial charge on any atom is -0.340 e. The van der Waals surface area contributed by atoms with E-state index >= 15 is 4.79 Å². The van der Waals surface area contributed by atoms with Gasteiger partial charge in [-0.1, -0.05) is 118 Å². The van der Waals surface area contributed by atoms with Gasteiger partial charge < -0.3 is 4.79 Å². The van der Waals surface area contributed by atoms with E-state index in [2.05, 4.69) is 99.9 Å². The molecule has 4 bridgehead atoms. The third kappa shape index (κ3) is 5.32. The molecule has 2 aromatic rings. The Bertz CT molecular complexity index is 1080. The smallest absolute Gasteiger partial charge is 0.340 e. The normalized spacial score (nSPS) is 27.8. The van der Waals surface area contributed by atoms with Crippen LogP contribution in [0.15, 0.2) is 60.7 Å². The molecule has 0 atom stereocenters. The monoisotopic (exact) mass is 522 g/mol. The summed E-state index contributed by atoms with van der Waals surface area (Å²) in [7, 11) is -4.98. The van der Waals surface area contributed by atoms with Crippen LogP contribution in [0.25, 0.3) is 10.4 Å². The molecule has 2 aromatic carbocycles. The first-order chi connectivity index (χ1) is 16.5. The van der Waals surface area contributed by atoms with E-state index in [1.165, 1.54) is 54.8 Å². The van der Waals surface area contributed by atoms with Crippen LogP contribution in [-0.4, -0.2) is 29.4 Å². The van der Waals surface area contributed by atoms with Crippen molar-refractivity contribution in [1.29, 1.82) is 0 Å². The van der Waals surface area contributed by atoms with E-state index in [0.29, 0.717) is 0 Å². The molecule has 186 valence electrons.